The molecule has 17 heavy (non-hydrogen) atoms. The lowest BCUT2D eigenvalue weighted by Gasteiger charge is -2.18. The van der Waals surface area contributed by atoms with E-state index in [4.69, 9.17) is 4.74 Å². The normalized spacial score (nSPS) is 22.5. The molecule has 2 aliphatic rings. The second-order valence-corrected chi connectivity index (χ2v) is 3.77. The molecule has 1 aromatic rings. The summed E-state index contributed by atoms with van der Waals surface area (Å²) in [5.74, 6) is -0.848. The van der Waals surface area contributed by atoms with E-state index in [-0.39, 0.29) is 6.54 Å². The van der Waals surface area contributed by atoms with Crippen LogP contribution in [0.1, 0.15) is 20.7 Å². The Labute approximate surface area is 96.2 Å². The van der Waals surface area contributed by atoms with Gasteiger partial charge in [-0.2, -0.15) is 0 Å². The van der Waals surface area contributed by atoms with Crippen LogP contribution in [0, 0.1) is 0 Å². The highest BCUT2D eigenvalue weighted by Gasteiger charge is 2.43. The molecule has 3 amide bonds. The molecule has 3 rings (SSSR count). The molecule has 2 aliphatic heterocycles. The van der Waals surface area contributed by atoms with E-state index in [1.807, 2.05) is 0 Å². The zero-order chi connectivity index (χ0) is 12.0. The number of nitrogens with zero attached hydrogens (tertiary/aromatic N) is 1. The molecular formula is C11H8N2O4. The van der Waals surface area contributed by atoms with Gasteiger partial charge in [0.2, 0.25) is 6.23 Å². The van der Waals surface area contributed by atoms with Gasteiger partial charge in [0.15, 0.2) is 0 Å². The van der Waals surface area contributed by atoms with Crippen molar-refractivity contribution in [2.45, 2.75) is 6.23 Å². The van der Waals surface area contributed by atoms with Crippen LogP contribution in [0.25, 0.3) is 0 Å². The van der Waals surface area contributed by atoms with Gasteiger partial charge in [0.25, 0.3) is 11.8 Å². The van der Waals surface area contributed by atoms with Crippen molar-refractivity contribution in [3.63, 3.8) is 0 Å². The molecule has 0 bridgehead atoms. The average molecular weight is 232 g/mol. The predicted molar refractivity (Wildman–Crippen MR) is 55.2 cm³/mol. The lowest BCUT2D eigenvalue weighted by molar-refractivity contribution is 0.0230. The van der Waals surface area contributed by atoms with E-state index in [1.165, 1.54) is 0 Å². The molecule has 86 valence electrons. The Morgan fingerprint density at radius 1 is 1.12 bits per heavy atom. The molecule has 1 unspecified atom stereocenters. The number of hydrogen-bond acceptors (Lipinski definition) is 4. The first-order chi connectivity index (χ1) is 8.18. The number of carbonyl (C=O) groups excluding carboxylic acids is 3. The molecule has 1 saturated heterocycles. The number of benzene rings is 1. The van der Waals surface area contributed by atoms with Crippen LogP contribution < -0.4 is 5.32 Å². The second-order valence-electron chi connectivity index (χ2n) is 3.77. The Bertz CT molecular complexity index is 505. The van der Waals surface area contributed by atoms with Crippen LogP contribution in [0.2, 0.25) is 0 Å². The first-order valence-electron chi connectivity index (χ1n) is 5.10. The Morgan fingerprint density at radius 2 is 1.71 bits per heavy atom. The number of ether oxygens (including phenoxy) is 1. The molecule has 0 aliphatic carbocycles. The number of alkyl carbamates (subject to hydrolysis) is 1. The van der Waals surface area contributed by atoms with Crippen molar-refractivity contribution in [2.75, 3.05) is 6.54 Å². The smallest absolute Gasteiger partial charge is 0.409 e. The van der Waals surface area contributed by atoms with Crippen LogP contribution in [0.5, 0.6) is 0 Å². The fourth-order valence-electron chi connectivity index (χ4n) is 1.99. The number of fused-ring (bicyclic) bond motifs is 1. The van der Waals surface area contributed by atoms with E-state index < -0.39 is 24.1 Å². The minimum Gasteiger partial charge on any atom is -0.423 e. The largest absolute Gasteiger partial charge is 0.423 e. The number of nitrogens with one attached hydrogen (secondary N) is 1. The van der Waals surface area contributed by atoms with E-state index in [0.717, 1.165) is 4.90 Å². The van der Waals surface area contributed by atoms with Gasteiger partial charge in [0.05, 0.1) is 17.7 Å². The van der Waals surface area contributed by atoms with Crippen LogP contribution in [0.15, 0.2) is 24.3 Å². The zero-order valence-corrected chi connectivity index (χ0v) is 8.67. The van der Waals surface area contributed by atoms with Gasteiger partial charge in [-0.1, -0.05) is 12.1 Å². The highest BCUT2D eigenvalue weighted by Crippen LogP contribution is 2.25. The van der Waals surface area contributed by atoms with E-state index in [9.17, 15) is 14.4 Å². The summed E-state index contributed by atoms with van der Waals surface area (Å²) in [4.78, 5) is 35.9. The third kappa shape index (κ3) is 1.30. The summed E-state index contributed by atoms with van der Waals surface area (Å²) < 4.78 is 4.85. The summed E-state index contributed by atoms with van der Waals surface area (Å²) in [7, 11) is 0. The molecule has 0 spiro atoms. The topological polar surface area (TPSA) is 75.7 Å². The number of rotatable bonds is 1. The highest BCUT2D eigenvalue weighted by atomic mass is 16.6. The number of imide groups is 1. The minimum absolute atomic E-state index is 0.129. The molecule has 0 saturated carbocycles. The van der Waals surface area contributed by atoms with Crippen molar-refractivity contribution in [1.29, 1.82) is 0 Å². The van der Waals surface area contributed by atoms with Crippen LogP contribution >= 0.6 is 0 Å². The monoisotopic (exact) mass is 232 g/mol. The summed E-state index contributed by atoms with van der Waals surface area (Å²) in [6.45, 7) is 0.129. The molecule has 2 heterocycles. The molecule has 0 radical (unpaired) electrons. The summed E-state index contributed by atoms with van der Waals surface area (Å²) in [6, 6.07) is 6.54. The van der Waals surface area contributed by atoms with Crippen LogP contribution in [-0.4, -0.2) is 35.6 Å². The fraction of sp³-hybridized carbons (Fsp3) is 0.182. The summed E-state index contributed by atoms with van der Waals surface area (Å²) >= 11 is 0. The standard InChI is InChI=1S/C11H8N2O4/c14-9-6-3-1-2-4-7(6)10(15)13(9)8-5-12-11(16)17-8/h1-4,8H,5H2,(H,12,16). The fourth-order valence-corrected chi connectivity index (χ4v) is 1.99. The quantitative estimate of drug-likeness (QED) is 0.709. The molecule has 1 fully saturated rings. The number of hydrogen-bond donors (Lipinski definition) is 1. The van der Waals surface area contributed by atoms with E-state index in [0.29, 0.717) is 11.1 Å². The first-order valence-corrected chi connectivity index (χ1v) is 5.10. The Hall–Kier alpha value is -2.37. The molecule has 6 heteroatoms. The maximum atomic E-state index is 12.0. The summed E-state index contributed by atoms with van der Waals surface area (Å²) in [5.41, 5.74) is 0.695. The molecule has 1 atom stereocenters. The van der Waals surface area contributed by atoms with Crippen molar-refractivity contribution >= 4 is 17.9 Å². The third-order valence-corrected chi connectivity index (χ3v) is 2.78. The summed E-state index contributed by atoms with van der Waals surface area (Å²) in [6.07, 6.45) is -1.47. The Balaban J connectivity index is 1.98. The molecule has 6 nitrogen and oxygen atoms in total. The van der Waals surface area contributed by atoms with Crippen molar-refractivity contribution in [2.24, 2.45) is 0 Å². The van der Waals surface area contributed by atoms with E-state index >= 15 is 0 Å². The van der Waals surface area contributed by atoms with Crippen molar-refractivity contribution < 1.29 is 19.1 Å². The van der Waals surface area contributed by atoms with Gasteiger partial charge in [-0.05, 0) is 12.1 Å². The van der Waals surface area contributed by atoms with E-state index in [2.05, 4.69) is 5.32 Å². The third-order valence-electron chi connectivity index (χ3n) is 2.78. The van der Waals surface area contributed by atoms with Gasteiger partial charge in [-0.3, -0.25) is 9.59 Å². The van der Waals surface area contributed by atoms with Gasteiger partial charge < -0.3 is 10.1 Å². The average Bonchev–Trinajstić information content (AvgIpc) is 2.84. The maximum absolute atomic E-state index is 12.0. The second kappa shape index (κ2) is 3.31. The number of amides is 3. The Morgan fingerprint density at radius 3 is 2.18 bits per heavy atom. The molecule has 0 aromatic heterocycles. The molecule has 1 N–H and O–H groups in total. The van der Waals surface area contributed by atoms with Gasteiger partial charge in [0, 0.05) is 0 Å². The summed E-state index contributed by atoms with van der Waals surface area (Å²) in [5, 5.41) is 2.41. The van der Waals surface area contributed by atoms with E-state index in [1.54, 1.807) is 24.3 Å². The lowest BCUT2D eigenvalue weighted by Crippen LogP contribution is -2.41. The Kier molecular flexibility index (Phi) is 1.91. The first kappa shape index (κ1) is 9.83. The highest BCUT2D eigenvalue weighted by molar-refractivity contribution is 6.21. The van der Waals surface area contributed by atoms with Gasteiger partial charge in [-0.25, -0.2) is 9.69 Å². The number of carbonyl (C=O) groups is 3. The van der Waals surface area contributed by atoms with Gasteiger partial charge >= 0.3 is 6.09 Å². The van der Waals surface area contributed by atoms with Crippen LogP contribution in [-0.2, 0) is 4.74 Å². The van der Waals surface area contributed by atoms with Crippen LogP contribution in [0.4, 0.5) is 4.79 Å². The van der Waals surface area contributed by atoms with Gasteiger partial charge in [-0.15, -0.1) is 0 Å². The lowest BCUT2D eigenvalue weighted by atomic mass is 10.1. The molecule has 1 aromatic carbocycles. The SMILES string of the molecule is O=C1NCC(N2C(=O)c3ccccc3C2=O)O1. The zero-order valence-electron chi connectivity index (χ0n) is 8.67. The minimum atomic E-state index is -0.852. The molecular weight excluding hydrogens is 224 g/mol. The maximum Gasteiger partial charge on any atom is 0.409 e. The van der Waals surface area contributed by atoms with Crippen molar-refractivity contribution in [3.05, 3.63) is 35.4 Å². The number of cyclic esters (lactones) is 1. The van der Waals surface area contributed by atoms with Gasteiger partial charge in [0.1, 0.15) is 0 Å². The predicted octanol–water partition coefficient (Wildman–Crippen LogP) is 0.349. The van der Waals surface area contributed by atoms with Crippen molar-refractivity contribution in [1.82, 2.24) is 10.2 Å². The van der Waals surface area contributed by atoms with Crippen molar-refractivity contribution in [3.8, 4) is 0 Å². The van der Waals surface area contributed by atoms with Crippen LogP contribution in [0.3, 0.4) is 0 Å².